The van der Waals surface area contributed by atoms with Gasteiger partial charge in [0.2, 0.25) is 0 Å². The van der Waals surface area contributed by atoms with Gasteiger partial charge in [-0.3, -0.25) is 0 Å². The van der Waals surface area contributed by atoms with Crippen molar-refractivity contribution in [3.8, 4) is 0 Å². The van der Waals surface area contributed by atoms with E-state index in [9.17, 15) is 5.11 Å². The van der Waals surface area contributed by atoms with Gasteiger partial charge < -0.3 is 10.8 Å². The average molecular weight is 159 g/mol. The first-order valence-electron chi connectivity index (χ1n) is 4.27. The van der Waals surface area contributed by atoms with E-state index < -0.39 is 0 Å². The van der Waals surface area contributed by atoms with Crippen LogP contribution in [0.5, 0.6) is 0 Å². The van der Waals surface area contributed by atoms with Crippen molar-refractivity contribution >= 4 is 0 Å². The van der Waals surface area contributed by atoms with Crippen LogP contribution in [0.15, 0.2) is 0 Å². The Morgan fingerprint density at radius 2 is 1.82 bits per heavy atom. The summed E-state index contributed by atoms with van der Waals surface area (Å²) in [5.41, 5.74) is 5.74. The van der Waals surface area contributed by atoms with Crippen molar-refractivity contribution in [1.29, 1.82) is 0 Å². The largest absolute Gasteiger partial charge is 0.393 e. The lowest BCUT2D eigenvalue weighted by molar-refractivity contribution is 0.104. The average Bonchev–Trinajstić information content (AvgIpc) is 1.87. The molecule has 0 aliphatic rings. The van der Waals surface area contributed by atoms with Crippen LogP contribution in [-0.4, -0.2) is 17.8 Å². The first-order valence-corrected chi connectivity index (χ1v) is 4.27. The molecule has 0 saturated heterocycles. The third-order valence-corrected chi connectivity index (χ3v) is 2.25. The maximum Gasteiger partial charge on any atom is 0.0537 e. The molecule has 0 amide bonds. The van der Waals surface area contributed by atoms with Gasteiger partial charge in [-0.05, 0) is 31.2 Å². The van der Waals surface area contributed by atoms with Crippen LogP contribution < -0.4 is 5.73 Å². The Balaban J connectivity index is 3.83. The predicted octanol–water partition coefficient (Wildman–Crippen LogP) is 1.38. The van der Waals surface area contributed by atoms with E-state index >= 15 is 0 Å². The highest BCUT2D eigenvalue weighted by Crippen LogP contribution is 2.25. The molecule has 0 aromatic carbocycles. The number of aliphatic hydroxyl groups is 1. The third kappa shape index (κ3) is 4.38. The Bertz CT molecular complexity index is 110. The fourth-order valence-corrected chi connectivity index (χ4v) is 1.13. The molecule has 2 atom stereocenters. The highest BCUT2D eigenvalue weighted by molar-refractivity contribution is 4.74. The summed E-state index contributed by atoms with van der Waals surface area (Å²) in [6, 6.07) is 0. The minimum atomic E-state index is -0.221. The Kier molecular flexibility index (Phi) is 4.04. The summed E-state index contributed by atoms with van der Waals surface area (Å²) in [6.45, 7) is 8.83. The second-order valence-electron chi connectivity index (χ2n) is 4.29. The topological polar surface area (TPSA) is 46.2 Å². The summed E-state index contributed by atoms with van der Waals surface area (Å²) in [5.74, 6) is 0.341. The first kappa shape index (κ1) is 10.9. The van der Waals surface area contributed by atoms with Gasteiger partial charge in [-0.2, -0.15) is 0 Å². The standard InChI is InChI=1S/C9H21NO/c1-7(8(2)11)5-9(3,4)6-10/h7-8,11H,5-6,10H2,1-4H3. The van der Waals surface area contributed by atoms with Crippen LogP contribution in [0.2, 0.25) is 0 Å². The summed E-state index contributed by atoms with van der Waals surface area (Å²) in [5, 5.41) is 9.24. The number of nitrogens with two attached hydrogens (primary N) is 1. The molecule has 2 unspecified atom stereocenters. The Labute approximate surface area is 69.8 Å². The van der Waals surface area contributed by atoms with Crippen LogP contribution >= 0.6 is 0 Å². The number of hydrogen-bond acceptors (Lipinski definition) is 2. The summed E-state index contributed by atoms with van der Waals surface area (Å²) in [4.78, 5) is 0. The van der Waals surface area contributed by atoms with E-state index in [1.807, 2.05) is 6.92 Å². The van der Waals surface area contributed by atoms with Crippen LogP contribution in [0, 0.1) is 11.3 Å². The van der Waals surface area contributed by atoms with E-state index in [2.05, 4.69) is 20.8 Å². The van der Waals surface area contributed by atoms with Gasteiger partial charge in [0, 0.05) is 0 Å². The van der Waals surface area contributed by atoms with Crippen LogP contribution in [0.4, 0.5) is 0 Å². The maximum absolute atomic E-state index is 9.24. The molecule has 2 heteroatoms. The van der Waals surface area contributed by atoms with Crippen LogP contribution in [-0.2, 0) is 0 Å². The zero-order valence-corrected chi connectivity index (χ0v) is 8.09. The lowest BCUT2D eigenvalue weighted by Crippen LogP contribution is -2.28. The van der Waals surface area contributed by atoms with E-state index in [0.29, 0.717) is 12.5 Å². The van der Waals surface area contributed by atoms with Gasteiger partial charge in [0.15, 0.2) is 0 Å². The van der Waals surface area contributed by atoms with Gasteiger partial charge in [0.25, 0.3) is 0 Å². The van der Waals surface area contributed by atoms with Crippen molar-refractivity contribution < 1.29 is 5.11 Å². The normalized spacial score (nSPS) is 18.0. The van der Waals surface area contributed by atoms with Gasteiger partial charge in [-0.25, -0.2) is 0 Å². The van der Waals surface area contributed by atoms with Crippen molar-refractivity contribution in [2.75, 3.05) is 6.54 Å². The Morgan fingerprint density at radius 3 is 2.09 bits per heavy atom. The SMILES string of the molecule is CC(O)C(C)CC(C)(C)CN. The van der Waals surface area contributed by atoms with Crippen LogP contribution in [0.3, 0.4) is 0 Å². The smallest absolute Gasteiger partial charge is 0.0537 e. The second kappa shape index (κ2) is 4.07. The van der Waals surface area contributed by atoms with Crippen molar-refractivity contribution in [3.63, 3.8) is 0 Å². The van der Waals surface area contributed by atoms with E-state index in [-0.39, 0.29) is 11.5 Å². The number of hydrogen-bond donors (Lipinski definition) is 2. The first-order chi connectivity index (χ1) is 4.89. The molecular weight excluding hydrogens is 138 g/mol. The fraction of sp³-hybridized carbons (Fsp3) is 1.00. The molecule has 0 bridgehead atoms. The zero-order chi connectivity index (χ0) is 9.07. The predicted molar refractivity (Wildman–Crippen MR) is 48.3 cm³/mol. The summed E-state index contributed by atoms with van der Waals surface area (Å²) in [6.07, 6.45) is 0.766. The monoisotopic (exact) mass is 159 g/mol. The van der Waals surface area contributed by atoms with Crippen molar-refractivity contribution in [2.45, 2.75) is 40.2 Å². The number of aliphatic hydroxyl groups excluding tert-OH is 1. The molecule has 0 rings (SSSR count). The molecule has 0 aromatic rings. The van der Waals surface area contributed by atoms with E-state index in [4.69, 9.17) is 5.73 Å². The second-order valence-corrected chi connectivity index (χ2v) is 4.29. The van der Waals surface area contributed by atoms with Gasteiger partial charge in [0.05, 0.1) is 6.10 Å². The van der Waals surface area contributed by atoms with Gasteiger partial charge >= 0.3 is 0 Å². The highest BCUT2D eigenvalue weighted by atomic mass is 16.3. The minimum Gasteiger partial charge on any atom is -0.393 e. The molecule has 0 aliphatic carbocycles. The molecule has 0 saturated carbocycles. The maximum atomic E-state index is 9.24. The molecule has 0 aromatic heterocycles. The fourth-order valence-electron chi connectivity index (χ4n) is 1.13. The molecule has 0 heterocycles. The number of rotatable bonds is 4. The Morgan fingerprint density at radius 1 is 1.36 bits per heavy atom. The van der Waals surface area contributed by atoms with Crippen molar-refractivity contribution in [2.24, 2.45) is 17.1 Å². The summed E-state index contributed by atoms with van der Waals surface area (Å²) in [7, 11) is 0. The molecule has 3 N–H and O–H groups in total. The Hall–Kier alpha value is -0.0800. The summed E-state index contributed by atoms with van der Waals surface area (Å²) < 4.78 is 0. The lowest BCUT2D eigenvalue weighted by Gasteiger charge is -2.27. The van der Waals surface area contributed by atoms with E-state index in [1.165, 1.54) is 0 Å². The quantitative estimate of drug-likeness (QED) is 0.651. The lowest BCUT2D eigenvalue weighted by atomic mass is 9.82. The van der Waals surface area contributed by atoms with Crippen molar-refractivity contribution in [3.05, 3.63) is 0 Å². The molecule has 0 aliphatic heterocycles. The molecule has 0 radical (unpaired) electrons. The minimum absolute atomic E-state index is 0.163. The summed E-state index contributed by atoms with van der Waals surface area (Å²) >= 11 is 0. The van der Waals surface area contributed by atoms with Crippen molar-refractivity contribution in [1.82, 2.24) is 0 Å². The molecular formula is C9H21NO. The van der Waals surface area contributed by atoms with Crippen LogP contribution in [0.25, 0.3) is 0 Å². The van der Waals surface area contributed by atoms with E-state index in [0.717, 1.165) is 6.42 Å². The molecule has 0 spiro atoms. The van der Waals surface area contributed by atoms with E-state index in [1.54, 1.807) is 0 Å². The highest BCUT2D eigenvalue weighted by Gasteiger charge is 2.21. The van der Waals surface area contributed by atoms with Crippen LogP contribution in [0.1, 0.15) is 34.1 Å². The molecule has 11 heavy (non-hydrogen) atoms. The molecule has 0 fully saturated rings. The molecule has 68 valence electrons. The molecule has 2 nitrogen and oxygen atoms in total. The third-order valence-electron chi connectivity index (χ3n) is 2.25. The van der Waals surface area contributed by atoms with Gasteiger partial charge in [0.1, 0.15) is 0 Å². The zero-order valence-electron chi connectivity index (χ0n) is 8.09. The van der Waals surface area contributed by atoms with Gasteiger partial charge in [-0.1, -0.05) is 20.8 Å². The van der Waals surface area contributed by atoms with Gasteiger partial charge in [-0.15, -0.1) is 0 Å².